The highest BCUT2D eigenvalue weighted by atomic mass is 35.5. The Kier molecular flexibility index (Phi) is 6.29. The third-order valence-electron chi connectivity index (χ3n) is 6.80. The van der Waals surface area contributed by atoms with Crippen molar-refractivity contribution in [2.24, 2.45) is 0 Å². The smallest absolute Gasteiger partial charge is 0.410 e. The van der Waals surface area contributed by atoms with Gasteiger partial charge in [-0.3, -0.25) is 9.69 Å². The van der Waals surface area contributed by atoms with E-state index >= 15 is 0 Å². The van der Waals surface area contributed by atoms with E-state index in [0.717, 1.165) is 22.3 Å². The Morgan fingerprint density at radius 2 is 1.59 bits per heavy atom. The van der Waals surface area contributed by atoms with Gasteiger partial charge >= 0.3 is 6.09 Å². The van der Waals surface area contributed by atoms with Crippen molar-refractivity contribution in [1.82, 2.24) is 9.80 Å². The molecule has 0 unspecified atom stereocenters. The summed E-state index contributed by atoms with van der Waals surface area (Å²) in [5.74, 6) is 0.0927. The van der Waals surface area contributed by atoms with E-state index in [1.807, 2.05) is 47.4 Å². The predicted molar refractivity (Wildman–Crippen MR) is 132 cm³/mol. The standard InChI is InChI=1S/C28H27ClN2O3/c29-24-12-10-21(11-13-24)18-26(32)30-16-14-28(15-17-30)20-31(27(33)34-28)19-23-8-4-5-9-25(23)22-6-2-1-3-7-22/h1-13H,14-20H2. The maximum Gasteiger partial charge on any atom is 0.410 e. The van der Waals surface area contributed by atoms with Crippen molar-refractivity contribution in [3.8, 4) is 11.1 Å². The first-order valence-electron chi connectivity index (χ1n) is 11.6. The van der Waals surface area contributed by atoms with Crippen LogP contribution in [0, 0.1) is 0 Å². The van der Waals surface area contributed by atoms with E-state index in [2.05, 4.69) is 24.3 Å². The van der Waals surface area contributed by atoms with E-state index in [-0.39, 0.29) is 12.0 Å². The number of carbonyl (C=O) groups excluding carboxylic acids is 2. The van der Waals surface area contributed by atoms with Crippen LogP contribution in [0.15, 0.2) is 78.9 Å². The highest BCUT2D eigenvalue weighted by molar-refractivity contribution is 6.30. The molecule has 2 heterocycles. The monoisotopic (exact) mass is 474 g/mol. The van der Waals surface area contributed by atoms with Crippen LogP contribution in [0.4, 0.5) is 4.79 Å². The van der Waals surface area contributed by atoms with Crippen LogP contribution >= 0.6 is 11.6 Å². The minimum atomic E-state index is -0.518. The van der Waals surface area contributed by atoms with Gasteiger partial charge in [0, 0.05) is 37.5 Å². The molecule has 0 aliphatic carbocycles. The lowest BCUT2D eigenvalue weighted by Gasteiger charge is -2.37. The van der Waals surface area contributed by atoms with Gasteiger partial charge in [-0.2, -0.15) is 0 Å². The highest BCUT2D eigenvalue weighted by Crippen LogP contribution is 2.35. The molecule has 34 heavy (non-hydrogen) atoms. The van der Waals surface area contributed by atoms with E-state index in [4.69, 9.17) is 16.3 Å². The molecule has 0 radical (unpaired) electrons. The third kappa shape index (κ3) is 4.80. The maximum atomic E-state index is 12.8. The Hall–Kier alpha value is -3.31. The SMILES string of the molecule is O=C(Cc1ccc(Cl)cc1)N1CCC2(CC1)CN(Cc1ccccc1-c1ccccc1)C(=O)O2. The van der Waals surface area contributed by atoms with Crippen molar-refractivity contribution in [2.45, 2.75) is 31.4 Å². The number of ether oxygens (including phenoxy) is 1. The second-order valence-electron chi connectivity index (χ2n) is 9.11. The molecule has 0 aromatic heterocycles. The van der Waals surface area contributed by atoms with Gasteiger partial charge < -0.3 is 9.64 Å². The fraction of sp³-hybridized carbons (Fsp3) is 0.286. The summed E-state index contributed by atoms with van der Waals surface area (Å²) in [6.45, 7) is 2.24. The molecule has 3 aromatic rings. The molecular weight excluding hydrogens is 448 g/mol. The van der Waals surface area contributed by atoms with Crippen LogP contribution in [0.2, 0.25) is 5.02 Å². The number of amides is 2. The van der Waals surface area contributed by atoms with Gasteiger partial charge in [-0.25, -0.2) is 4.79 Å². The minimum Gasteiger partial charge on any atom is -0.441 e. The van der Waals surface area contributed by atoms with Gasteiger partial charge in [0.25, 0.3) is 0 Å². The molecule has 2 aliphatic heterocycles. The van der Waals surface area contributed by atoms with Gasteiger partial charge in [-0.05, 0) is 34.4 Å². The van der Waals surface area contributed by atoms with Crippen molar-refractivity contribution < 1.29 is 14.3 Å². The van der Waals surface area contributed by atoms with Gasteiger partial charge in [-0.1, -0.05) is 78.3 Å². The molecule has 1 spiro atoms. The van der Waals surface area contributed by atoms with Gasteiger partial charge in [-0.15, -0.1) is 0 Å². The van der Waals surface area contributed by atoms with Crippen LogP contribution < -0.4 is 0 Å². The van der Waals surface area contributed by atoms with E-state index in [1.165, 1.54) is 0 Å². The molecule has 5 rings (SSSR count). The Bertz CT molecular complexity index is 1170. The molecule has 2 fully saturated rings. The number of hydrogen-bond acceptors (Lipinski definition) is 3. The average molecular weight is 475 g/mol. The van der Waals surface area contributed by atoms with Gasteiger partial charge in [0.2, 0.25) is 5.91 Å². The van der Waals surface area contributed by atoms with E-state index < -0.39 is 5.60 Å². The number of piperidine rings is 1. The first-order valence-corrected chi connectivity index (χ1v) is 12.0. The molecule has 2 amide bonds. The quantitative estimate of drug-likeness (QED) is 0.486. The van der Waals surface area contributed by atoms with Crippen molar-refractivity contribution in [3.05, 3.63) is 95.0 Å². The van der Waals surface area contributed by atoms with E-state index in [1.54, 1.807) is 17.0 Å². The number of rotatable bonds is 5. The van der Waals surface area contributed by atoms with Crippen molar-refractivity contribution in [2.75, 3.05) is 19.6 Å². The summed E-state index contributed by atoms with van der Waals surface area (Å²) in [5.41, 5.74) is 3.78. The number of carbonyl (C=O) groups is 2. The summed E-state index contributed by atoms with van der Waals surface area (Å²) in [6.07, 6.45) is 1.39. The summed E-state index contributed by atoms with van der Waals surface area (Å²) in [6, 6.07) is 25.8. The first-order chi connectivity index (χ1) is 16.5. The fourth-order valence-electron chi connectivity index (χ4n) is 4.89. The zero-order chi connectivity index (χ0) is 23.5. The Labute approximate surface area is 204 Å². The molecular formula is C28H27ClN2O3. The van der Waals surface area contributed by atoms with Gasteiger partial charge in [0.15, 0.2) is 0 Å². The molecule has 6 heteroatoms. The lowest BCUT2D eigenvalue weighted by molar-refractivity contribution is -0.133. The first kappa shape index (κ1) is 22.5. The summed E-state index contributed by atoms with van der Waals surface area (Å²) < 4.78 is 5.91. The summed E-state index contributed by atoms with van der Waals surface area (Å²) >= 11 is 5.94. The summed E-state index contributed by atoms with van der Waals surface area (Å²) in [5, 5.41) is 0.662. The van der Waals surface area contributed by atoms with Crippen LogP contribution in [0.3, 0.4) is 0 Å². The van der Waals surface area contributed by atoms with Crippen LogP contribution in [0.1, 0.15) is 24.0 Å². The third-order valence-corrected chi connectivity index (χ3v) is 7.05. The molecule has 0 bridgehead atoms. The van der Waals surface area contributed by atoms with Gasteiger partial charge in [0.05, 0.1) is 13.0 Å². The number of benzene rings is 3. The lowest BCUT2D eigenvalue weighted by atomic mass is 9.90. The predicted octanol–water partition coefficient (Wildman–Crippen LogP) is 5.56. The minimum absolute atomic E-state index is 0.0927. The van der Waals surface area contributed by atoms with Crippen molar-refractivity contribution >= 4 is 23.6 Å². The number of nitrogens with zero attached hydrogens (tertiary/aromatic N) is 2. The van der Waals surface area contributed by atoms with Crippen LogP contribution in [0.5, 0.6) is 0 Å². The molecule has 0 atom stereocenters. The molecule has 0 N–H and O–H groups in total. The summed E-state index contributed by atoms with van der Waals surface area (Å²) in [7, 11) is 0. The van der Waals surface area contributed by atoms with Crippen LogP contribution in [-0.2, 0) is 22.5 Å². The van der Waals surface area contributed by atoms with E-state index in [0.29, 0.717) is 50.5 Å². The molecule has 2 aliphatic rings. The highest BCUT2D eigenvalue weighted by Gasteiger charge is 2.47. The Morgan fingerprint density at radius 1 is 0.912 bits per heavy atom. The van der Waals surface area contributed by atoms with Crippen molar-refractivity contribution in [3.63, 3.8) is 0 Å². The van der Waals surface area contributed by atoms with Gasteiger partial charge in [0.1, 0.15) is 5.60 Å². The number of hydrogen-bond donors (Lipinski definition) is 0. The summed E-state index contributed by atoms with van der Waals surface area (Å²) in [4.78, 5) is 29.2. The zero-order valence-corrected chi connectivity index (χ0v) is 19.7. The Morgan fingerprint density at radius 3 is 2.32 bits per heavy atom. The van der Waals surface area contributed by atoms with Crippen LogP contribution in [-0.4, -0.2) is 47.0 Å². The number of likely N-dealkylation sites (tertiary alicyclic amines) is 1. The maximum absolute atomic E-state index is 12.8. The fourth-order valence-corrected chi connectivity index (χ4v) is 5.02. The Balaban J connectivity index is 1.22. The number of halogens is 1. The second-order valence-corrected chi connectivity index (χ2v) is 9.55. The van der Waals surface area contributed by atoms with Crippen molar-refractivity contribution in [1.29, 1.82) is 0 Å². The normalized spacial score (nSPS) is 17.1. The molecule has 174 valence electrons. The molecule has 5 nitrogen and oxygen atoms in total. The van der Waals surface area contributed by atoms with E-state index in [9.17, 15) is 9.59 Å². The lowest BCUT2D eigenvalue weighted by Crippen LogP contribution is -2.49. The second kappa shape index (κ2) is 9.51. The largest absolute Gasteiger partial charge is 0.441 e. The van der Waals surface area contributed by atoms with Crippen LogP contribution in [0.25, 0.3) is 11.1 Å². The zero-order valence-electron chi connectivity index (χ0n) is 19.0. The average Bonchev–Trinajstić information content (AvgIpc) is 3.16. The molecule has 0 saturated carbocycles. The molecule has 2 saturated heterocycles. The molecule has 3 aromatic carbocycles. The topological polar surface area (TPSA) is 49.9 Å².